The molecular formula is C15H13N3O2. The molecule has 1 heterocycles. The van der Waals surface area contributed by atoms with Crippen molar-refractivity contribution in [1.82, 2.24) is 10.3 Å². The molecular weight excluding hydrogens is 254 g/mol. The van der Waals surface area contributed by atoms with Gasteiger partial charge in [-0.05, 0) is 29.8 Å². The Kier molecular flexibility index (Phi) is 4.30. The second kappa shape index (κ2) is 6.34. The van der Waals surface area contributed by atoms with Crippen molar-refractivity contribution in [3.05, 3.63) is 59.4 Å². The average molecular weight is 267 g/mol. The Bertz CT molecular complexity index is 662. The lowest BCUT2D eigenvalue weighted by atomic mass is 10.2. The summed E-state index contributed by atoms with van der Waals surface area (Å²) in [6.45, 7) is 0.389. The van der Waals surface area contributed by atoms with Crippen molar-refractivity contribution in [2.45, 2.75) is 6.54 Å². The minimum absolute atomic E-state index is 0.221. The fourth-order valence-electron chi connectivity index (χ4n) is 1.70. The highest BCUT2D eigenvalue weighted by molar-refractivity contribution is 5.94. The van der Waals surface area contributed by atoms with Crippen LogP contribution in [0, 0.1) is 11.3 Å². The molecule has 0 saturated heterocycles. The highest BCUT2D eigenvalue weighted by Gasteiger charge is 2.06. The van der Waals surface area contributed by atoms with Gasteiger partial charge in [0.2, 0.25) is 0 Å². The maximum Gasteiger partial charge on any atom is 0.251 e. The topological polar surface area (TPSA) is 75.0 Å². The van der Waals surface area contributed by atoms with Crippen LogP contribution in [-0.2, 0) is 6.54 Å². The van der Waals surface area contributed by atoms with Crippen molar-refractivity contribution in [1.29, 1.82) is 5.26 Å². The predicted octanol–water partition coefficient (Wildman–Crippen LogP) is 1.89. The minimum atomic E-state index is -0.244. The van der Waals surface area contributed by atoms with Crippen molar-refractivity contribution in [2.75, 3.05) is 7.11 Å². The number of ether oxygens (including phenoxy) is 1. The fourth-order valence-corrected chi connectivity index (χ4v) is 1.70. The Morgan fingerprint density at radius 3 is 3.00 bits per heavy atom. The molecule has 0 bridgehead atoms. The van der Waals surface area contributed by atoms with E-state index < -0.39 is 0 Å². The monoisotopic (exact) mass is 267 g/mol. The molecule has 0 saturated carbocycles. The molecule has 0 aliphatic carbocycles. The molecule has 5 nitrogen and oxygen atoms in total. The summed E-state index contributed by atoms with van der Waals surface area (Å²) in [6.07, 6.45) is 1.44. The summed E-state index contributed by atoms with van der Waals surface area (Å²) in [5.74, 6) is 0.499. The highest BCUT2D eigenvalue weighted by Crippen LogP contribution is 2.12. The SMILES string of the molecule is COc1cccc(CNC(=O)c2ccnc(C#N)c2)c1. The third-order valence-electron chi connectivity index (χ3n) is 2.72. The van der Waals surface area contributed by atoms with Gasteiger partial charge in [-0.25, -0.2) is 4.98 Å². The van der Waals surface area contributed by atoms with Crippen LogP contribution in [-0.4, -0.2) is 18.0 Å². The Morgan fingerprint density at radius 2 is 2.25 bits per heavy atom. The zero-order valence-corrected chi connectivity index (χ0v) is 11.0. The number of benzene rings is 1. The standard InChI is InChI=1S/C15H13N3O2/c1-20-14-4-2-3-11(7-14)10-18-15(19)12-5-6-17-13(8-12)9-16/h2-8H,10H2,1H3,(H,18,19). The van der Waals surface area contributed by atoms with Gasteiger partial charge in [0.25, 0.3) is 5.91 Å². The molecule has 1 N–H and O–H groups in total. The van der Waals surface area contributed by atoms with Gasteiger partial charge in [-0.1, -0.05) is 12.1 Å². The first-order valence-electron chi connectivity index (χ1n) is 6.00. The van der Waals surface area contributed by atoms with Gasteiger partial charge < -0.3 is 10.1 Å². The highest BCUT2D eigenvalue weighted by atomic mass is 16.5. The molecule has 0 fully saturated rings. The van der Waals surface area contributed by atoms with Crippen LogP contribution in [0.5, 0.6) is 5.75 Å². The first-order valence-corrected chi connectivity index (χ1v) is 6.00. The van der Waals surface area contributed by atoms with Crippen LogP contribution < -0.4 is 10.1 Å². The summed E-state index contributed by atoms with van der Waals surface area (Å²) in [7, 11) is 1.60. The number of nitrogens with zero attached hydrogens (tertiary/aromatic N) is 2. The maximum atomic E-state index is 12.0. The molecule has 0 aliphatic rings. The number of nitrogens with one attached hydrogen (secondary N) is 1. The van der Waals surface area contributed by atoms with Crippen LogP contribution in [0.4, 0.5) is 0 Å². The number of nitriles is 1. The number of hydrogen-bond donors (Lipinski definition) is 1. The normalized spacial score (nSPS) is 9.60. The van der Waals surface area contributed by atoms with E-state index in [9.17, 15) is 4.79 Å². The van der Waals surface area contributed by atoms with Crippen LogP contribution in [0.2, 0.25) is 0 Å². The quantitative estimate of drug-likeness (QED) is 0.917. The summed E-state index contributed by atoms with van der Waals surface area (Å²) in [5.41, 5.74) is 1.57. The van der Waals surface area contributed by atoms with E-state index in [2.05, 4.69) is 10.3 Å². The summed E-state index contributed by atoms with van der Waals surface area (Å²) in [5, 5.41) is 11.5. The van der Waals surface area contributed by atoms with Gasteiger partial charge in [0.15, 0.2) is 0 Å². The largest absolute Gasteiger partial charge is 0.497 e. The molecule has 2 aromatic rings. The summed E-state index contributed by atoms with van der Waals surface area (Å²) < 4.78 is 5.12. The second-order valence-electron chi connectivity index (χ2n) is 4.08. The molecule has 1 amide bonds. The van der Waals surface area contributed by atoms with Crippen molar-refractivity contribution in [3.63, 3.8) is 0 Å². The smallest absolute Gasteiger partial charge is 0.251 e. The summed E-state index contributed by atoms with van der Waals surface area (Å²) >= 11 is 0. The summed E-state index contributed by atoms with van der Waals surface area (Å²) in [4.78, 5) is 15.8. The van der Waals surface area contributed by atoms with Crippen molar-refractivity contribution < 1.29 is 9.53 Å². The van der Waals surface area contributed by atoms with Gasteiger partial charge >= 0.3 is 0 Å². The lowest BCUT2D eigenvalue weighted by Gasteiger charge is -2.07. The molecule has 1 aromatic carbocycles. The fraction of sp³-hybridized carbons (Fsp3) is 0.133. The van der Waals surface area contributed by atoms with E-state index in [1.54, 1.807) is 13.2 Å². The molecule has 0 spiro atoms. The molecule has 20 heavy (non-hydrogen) atoms. The average Bonchev–Trinajstić information content (AvgIpc) is 2.52. The van der Waals surface area contributed by atoms with Crippen LogP contribution >= 0.6 is 0 Å². The third-order valence-corrected chi connectivity index (χ3v) is 2.72. The molecule has 0 radical (unpaired) electrons. The predicted molar refractivity (Wildman–Crippen MR) is 73.1 cm³/mol. The molecule has 0 atom stereocenters. The van der Waals surface area contributed by atoms with E-state index in [1.807, 2.05) is 30.3 Å². The van der Waals surface area contributed by atoms with Crippen LogP contribution in [0.15, 0.2) is 42.6 Å². The second-order valence-corrected chi connectivity index (χ2v) is 4.08. The van der Waals surface area contributed by atoms with E-state index in [0.717, 1.165) is 11.3 Å². The molecule has 100 valence electrons. The van der Waals surface area contributed by atoms with E-state index in [1.165, 1.54) is 12.3 Å². The van der Waals surface area contributed by atoms with E-state index >= 15 is 0 Å². The zero-order valence-electron chi connectivity index (χ0n) is 11.0. The van der Waals surface area contributed by atoms with E-state index in [-0.39, 0.29) is 11.6 Å². The lowest BCUT2D eigenvalue weighted by Crippen LogP contribution is -2.22. The number of pyridine rings is 1. The summed E-state index contributed by atoms with van der Waals surface area (Å²) in [6, 6.07) is 12.4. The van der Waals surface area contributed by atoms with Crippen LogP contribution in [0.1, 0.15) is 21.6 Å². The molecule has 1 aromatic heterocycles. The van der Waals surface area contributed by atoms with Crippen LogP contribution in [0.3, 0.4) is 0 Å². The number of amides is 1. The molecule has 2 rings (SSSR count). The maximum absolute atomic E-state index is 12.0. The third kappa shape index (κ3) is 3.33. The first kappa shape index (κ1) is 13.6. The van der Waals surface area contributed by atoms with Crippen molar-refractivity contribution in [3.8, 4) is 11.8 Å². The van der Waals surface area contributed by atoms with E-state index in [0.29, 0.717) is 12.1 Å². The number of carbonyl (C=O) groups is 1. The van der Waals surface area contributed by atoms with Gasteiger partial charge in [-0.3, -0.25) is 4.79 Å². The number of methoxy groups -OCH3 is 1. The number of carbonyl (C=O) groups excluding carboxylic acids is 1. The number of hydrogen-bond acceptors (Lipinski definition) is 4. The minimum Gasteiger partial charge on any atom is -0.497 e. The van der Waals surface area contributed by atoms with Crippen LogP contribution in [0.25, 0.3) is 0 Å². The number of rotatable bonds is 4. The molecule has 0 unspecified atom stereocenters. The first-order chi connectivity index (χ1) is 9.72. The van der Waals surface area contributed by atoms with Gasteiger partial charge in [0, 0.05) is 18.3 Å². The van der Waals surface area contributed by atoms with Crippen molar-refractivity contribution >= 4 is 5.91 Å². The Balaban J connectivity index is 2.03. The van der Waals surface area contributed by atoms with Crippen molar-refractivity contribution in [2.24, 2.45) is 0 Å². The Hall–Kier alpha value is -2.87. The van der Waals surface area contributed by atoms with Gasteiger partial charge in [0.1, 0.15) is 17.5 Å². The van der Waals surface area contributed by atoms with Gasteiger partial charge in [0.05, 0.1) is 7.11 Å². The van der Waals surface area contributed by atoms with E-state index in [4.69, 9.17) is 10.00 Å². The van der Waals surface area contributed by atoms with Gasteiger partial charge in [-0.2, -0.15) is 5.26 Å². The molecule has 0 aliphatic heterocycles. The molecule has 5 heteroatoms. The Labute approximate surface area is 116 Å². The van der Waals surface area contributed by atoms with Gasteiger partial charge in [-0.15, -0.1) is 0 Å². The lowest BCUT2D eigenvalue weighted by molar-refractivity contribution is 0.0950. The zero-order chi connectivity index (χ0) is 14.4. The number of aromatic nitrogens is 1. The Morgan fingerprint density at radius 1 is 1.40 bits per heavy atom.